The van der Waals surface area contributed by atoms with Crippen molar-refractivity contribution in [3.8, 4) is 0 Å². The Kier molecular flexibility index (Phi) is 18.7. The lowest BCUT2D eigenvalue weighted by Gasteiger charge is -2.37. The third-order valence-electron chi connectivity index (χ3n) is 14.7. The van der Waals surface area contributed by atoms with Gasteiger partial charge >= 0.3 is 0 Å². The van der Waals surface area contributed by atoms with E-state index in [4.69, 9.17) is 0 Å². The molecule has 3 aromatic heterocycles. The van der Waals surface area contributed by atoms with Crippen LogP contribution in [0.15, 0.2) is 347 Å². The van der Waals surface area contributed by atoms with E-state index in [-0.39, 0.29) is 0 Å². The van der Waals surface area contributed by atoms with Crippen LogP contribution in [-0.2, 0) is 36.3 Å². The summed E-state index contributed by atoms with van der Waals surface area (Å²) in [6.07, 6.45) is 11.2. The summed E-state index contributed by atoms with van der Waals surface area (Å²) in [4.78, 5) is 12.8. The molecule has 12 rings (SSSR count). The van der Waals surface area contributed by atoms with Gasteiger partial charge < -0.3 is 0 Å². The Bertz CT molecular complexity index is 2960. The highest BCUT2D eigenvalue weighted by molar-refractivity contribution is 5.52. The third kappa shape index (κ3) is 13.1. The fraction of sp³-hybridized carbons (Fsp3) is 0.0800. The molecular formula is C75H66N6. The average molecular weight is 1050 g/mol. The predicted octanol–water partition coefficient (Wildman–Crippen LogP) is 15.5. The zero-order valence-corrected chi connectivity index (χ0v) is 45.4. The van der Waals surface area contributed by atoms with E-state index in [2.05, 4.69) is 322 Å². The highest BCUT2D eigenvalue weighted by Gasteiger charge is 2.38. The molecule has 81 heavy (non-hydrogen) atoms. The van der Waals surface area contributed by atoms with Gasteiger partial charge in [-0.2, -0.15) is 0 Å². The van der Waals surface area contributed by atoms with Gasteiger partial charge in [0.05, 0.1) is 16.6 Å². The number of nitrogens with zero attached hydrogens (tertiary/aromatic N) is 3. The van der Waals surface area contributed by atoms with Gasteiger partial charge in [0.25, 0.3) is 0 Å². The molecule has 3 heterocycles. The number of benzene rings is 9. The van der Waals surface area contributed by atoms with Crippen LogP contribution in [0.5, 0.6) is 0 Å². The number of nitrogens with one attached hydrogen (secondary N) is 3. The average Bonchev–Trinajstić information content (AvgIpc) is 3.64. The molecule has 0 bridgehead atoms. The van der Waals surface area contributed by atoms with Gasteiger partial charge in [-0.15, -0.1) is 0 Å². The first-order valence-electron chi connectivity index (χ1n) is 27.6. The fourth-order valence-electron chi connectivity index (χ4n) is 10.8. The molecular weight excluding hydrogens is 985 g/mol. The molecule has 0 fully saturated rings. The van der Waals surface area contributed by atoms with Crippen LogP contribution in [0.2, 0.25) is 0 Å². The third-order valence-corrected chi connectivity index (χ3v) is 14.7. The lowest BCUT2D eigenvalue weighted by atomic mass is 9.77. The number of hydrogen-bond acceptors (Lipinski definition) is 6. The van der Waals surface area contributed by atoms with E-state index in [9.17, 15) is 0 Å². The van der Waals surface area contributed by atoms with E-state index < -0.39 is 16.6 Å². The normalized spacial score (nSPS) is 11.3. The van der Waals surface area contributed by atoms with Crippen molar-refractivity contribution in [2.24, 2.45) is 0 Å². The molecule has 0 aliphatic rings. The van der Waals surface area contributed by atoms with Gasteiger partial charge in [-0.1, -0.05) is 291 Å². The minimum Gasteiger partial charge on any atom is -0.296 e. The summed E-state index contributed by atoms with van der Waals surface area (Å²) in [5.74, 6) is 0. The van der Waals surface area contributed by atoms with Crippen LogP contribution in [0.25, 0.3) is 0 Å². The highest BCUT2D eigenvalue weighted by Crippen LogP contribution is 2.40. The zero-order chi connectivity index (χ0) is 55.1. The van der Waals surface area contributed by atoms with Crippen LogP contribution in [0.1, 0.15) is 66.8 Å². The smallest absolute Gasteiger partial charge is 0.0950 e. The summed E-state index contributed by atoms with van der Waals surface area (Å²) >= 11 is 0. The van der Waals surface area contributed by atoms with Crippen molar-refractivity contribution in [3.63, 3.8) is 0 Å². The van der Waals surface area contributed by atoms with E-state index in [0.717, 1.165) is 16.7 Å². The minimum atomic E-state index is -0.445. The predicted molar refractivity (Wildman–Crippen MR) is 331 cm³/mol. The van der Waals surface area contributed by atoms with Crippen molar-refractivity contribution in [3.05, 3.63) is 413 Å². The van der Waals surface area contributed by atoms with Crippen molar-refractivity contribution in [2.45, 2.75) is 36.3 Å². The fourth-order valence-corrected chi connectivity index (χ4v) is 10.8. The van der Waals surface area contributed by atoms with E-state index in [0.29, 0.717) is 19.6 Å². The standard InChI is InChI=1S/3C25H22N2/c3*1-4-12-22(13-5-1)25(23-14-6-2-7-15-23,24-16-8-3-9-17-24)27-20-21-11-10-18-26-19-21/h3*1-19,27H,20H2. The van der Waals surface area contributed by atoms with E-state index in [1.807, 2.05) is 55.4 Å². The SMILES string of the molecule is c1ccc(C(NCc2cccnc2)(c2ccccc2)c2ccccc2)cc1.c1ccc(C(NCc2cccnc2)(c2ccccc2)c2ccccc2)cc1.c1ccc(C(NCc2cccnc2)(c2ccccc2)c2ccccc2)cc1. The molecule has 0 saturated heterocycles. The molecule has 12 aromatic rings. The van der Waals surface area contributed by atoms with Gasteiger partial charge in [-0.05, 0) is 85.0 Å². The number of hydrogen-bond donors (Lipinski definition) is 3. The van der Waals surface area contributed by atoms with Crippen molar-refractivity contribution in [1.29, 1.82) is 0 Å². The minimum absolute atomic E-state index is 0.445. The zero-order valence-electron chi connectivity index (χ0n) is 45.4. The van der Waals surface area contributed by atoms with Crippen LogP contribution >= 0.6 is 0 Å². The molecule has 0 saturated carbocycles. The van der Waals surface area contributed by atoms with E-state index in [1.165, 1.54) is 50.1 Å². The Morgan fingerprint density at radius 3 is 0.494 bits per heavy atom. The first-order chi connectivity index (χ1) is 40.2. The number of rotatable bonds is 18. The summed E-state index contributed by atoms with van der Waals surface area (Å²) < 4.78 is 0. The van der Waals surface area contributed by atoms with Crippen LogP contribution in [0, 0.1) is 0 Å². The molecule has 0 aliphatic heterocycles. The van der Waals surface area contributed by atoms with E-state index >= 15 is 0 Å². The van der Waals surface area contributed by atoms with Crippen LogP contribution < -0.4 is 16.0 Å². The van der Waals surface area contributed by atoms with Crippen LogP contribution in [0.4, 0.5) is 0 Å². The second-order valence-corrected chi connectivity index (χ2v) is 19.7. The number of pyridine rings is 3. The first kappa shape index (κ1) is 54.7. The Morgan fingerprint density at radius 2 is 0.358 bits per heavy atom. The molecule has 0 amide bonds. The maximum atomic E-state index is 4.26. The van der Waals surface area contributed by atoms with Crippen molar-refractivity contribution in [1.82, 2.24) is 30.9 Å². The van der Waals surface area contributed by atoms with Gasteiger partial charge in [0, 0.05) is 56.8 Å². The summed E-state index contributed by atoms with van der Waals surface area (Å²) in [7, 11) is 0. The van der Waals surface area contributed by atoms with Crippen LogP contribution in [0.3, 0.4) is 0 Å². The second kappa shape index (κ2) is 27.8. The van der Waals surface area contributed by atoms with Crippen molar-refractivity contribution in [2.75, 3.05) is 0 Å². The Hall–Kier alpha value is -9.69. The van der Waals surface area contributed by atoms with Gasteiger partial charge in [-0.25, -0.2) is 0 Å². The second-order valence-electron chi connectivity index (χ2n) is 19.7. The maximum Gasteiger partial charge on any atom is 0.0950 e. The van der Waals surface area contributed by atoms with Gasteiger partial charge in [-0.3, -0.25) is 30.9 Å². The topological polar surface area (TPSA) is 74.8 Å². The molecule has 0 aliphatic carbocycles. The molecule has 9 aromatic carbocycles. The quantitative estimate of drug-likeness (QED) is 0.0744. The Labute approximate surface area is 478 Å². The summed E-state index contributed by atoms with van der Waals surface area (Å²) in [5, 5.41) is 11.6. The lowest BCUT2D eigenvalue weighted by Crippen LogP contribution is -2.44. The molecule has 6 nitrogen and oxygen atoms in total. The molecule has 0 unspecified atom stereocenters. The van der Waals surface area contributed by atoms with Gasteiger partial charge in [0.2, 0.25) is 0 Å². The molecule has 6 heteroatoms. The van der Waals surface area contributed by atoms with Crippen molar-refractivity contribution >= 4 is 0 Å². The van der Waals surface area contributed by atoms with Crippen molar-refractivity contribution < 1.29 is 0 Å². The molecule has 0 radical (unpaired) electrons. The summed E-state index contributed by atoms with van der Waals surface area (Å²) in [5.41, 5.74) is 13.1. The molecule has 0 atom stereocenters. The Morgan fingerprint density at radius 1 is 0.198 bits per heavy atom. The molecule has 396 valence electrons. The first-order valence-corrected chi connectivity index (χ1v) is 27.6. The molecule has 3 N–H and O–H groups in total. The largest absolute Gasteiger partial charge is 0.296 e. The van der Waals surface area contributed by atoms with Crippen LogP contribution in [-0.4, -0.2) is 15.0 Å². The summed E-state index contributed by atoms with van der Waals surface area (Å²) in [6, 6.07) is 108. The Balaban J connectivity index is 0.000000136. The highest BCUT2D eigenvalue weighted by atomic mass is 15.0. The molecule has 0 spiro atoms. The maximum absolute atomic E-state index is 4.26. The lowest BCUT2D eigenvalue weighted by molar-refractivity contribution is 0.470. The van der Waals surface area contributed by atoms with E-state index in [1.54, 1.807) is 0 Å². The summed E-state index contributed by atoms with van der Waals surface area (Å²) in [6.45, 7) is 2.14. The van der Waals surface area contributed by atoms with Gasteiger partial charge in [0.1, 0.15) is 0 Å². The van der Waals surface area contributed by atoms with Gasteiger partial charge in [0.15, 0.2) is 0 Å². The number of aromatic nitrogens is 3. The monoisotopic (exact) mass is 1050 g/mol.